The van der Waals surface area contributed by atoms with Crippen LogP contribution in [0.3, 0.4) is 0 Å². The minimum atomic E-state index is 0.633. The summed E-state index contributed by atoms with van der Waals surface area (Å²) in [6.45, 7) is 10.3. The largest absolute Gasteiger partial charge is 0.315 e. The number of nitrogens with one attached hydrogen (secondary N) is 1. The summed E-state index contributed by atoms with van der Waals surface area (Å²) in [6, 6.07) is 0.633. The standard InChI is InChI=1S/C11H26N2/c1-5-9-13(4)10-7-6-8-12-11(2)3/h11-12H,5-10H2,1-4H3. The zero-order valence-electron chi connectivity index (χ0n) is 9.77. The van der Waals surface area contributed by atoms with Crippen molar-refractivity contribution in [1.29, 1.82) is 0 Å². The number of hydrogen-bond donors (Lipinski definition) is 1. The van der Waals surface area contributed by atoms with Crippen LogP contribution in [0.5, 0.6) is 0 Å². The van der Waals surface area contributed by atoms with Gasteiger partial charge in [0.05, 0.1) is 0 Å². The SMILES string of the molecule is CCCN(C)CCCCNC(C)C. The van der Waals surface area contributed by atoms with Gasteiger partial charge < -0.3 is 10.2 Å². The Hall–Kier alpha value is -0.0800. The van der Waals surface area contributed by atoms with Gasteiger partial charge in [-0.25, -0.2) is 0 Å². The van der Waals surface area contributed by atoms with Crippen molar-refractivity contribution in [3.8, 4) is 0 Å². The zero-order chi connectivity index (χ0) is 10.1. The minimum Gasteiger partial charge on any atom is -0.315 e. The average Bonchev–Trinajstić information content (AvgIpc) is 2.03. The highest BCUT2D eigenvalue weighted by Gasteiger charge is 1.96. The molecule has 0 aliphatic carbocycles. The van der Waals surface area contributed by atoms with E-state index in [2.05, 4.69) is 38.0 Å². The summed E-state index contributed by atoms with van der Waals surface area (Å²) < 4.78 is 0. The molecule has 0 radical (unpaired) electrons. The van der Waals surface area contributed by atoms with Gasteiger partial charge in [-0.15, -0.1) is 0 Å². The molecule has 0 saturated carbocycles. The van der Waals surface area contributed by atoms with Crippen molar-refractivity contribution >= 4 is 0 Å². The molecule has 2 heteroatoms. The Morgan fingerprint density at radius 2 is 1.85 bits per heavy atom. The second kappa shape index (κ2) is 8.52. The van der Waals surface area contributed by atoms with Crippen molar-refractivity contribution in [1.82, 2.24) is 10.2 Å². The summed E-state index contributed by atoms with van der Waals surface area (Å²) in [6.07, 6.45) is 3.88. The molecule has 0 atom stereocenters. The fourth-order valence-electron chi connectivity index (χ4n) is 1.39. The average molecular weight is 186 g/mol. The van der Waals surface area contributed by atoms with E-state index in [1.54, 1.807) is 0 Å². The third-order valence-electron chi connectivity index (χ3n) is 2.12. The first kappa shape index (κ1) is 12.9. The normalized spacial score (nSPS) is 11.5. The van der Waals surface area contributed by atoms with Crippen LogP contribution in [0, 0.1) is 0 Å². The van der Waals surface area contributed by atoms with E-state index in [1.165, 1.54) is 32.4 Å². The predicted octanol–water partition coefficient (Wildman–Crippen LogP) is 2.11. The smallest absolute Gasteiger partial charge is 0.00103 e. The molecule has 0 unspecified atom stereocenters. The lowest BCUT2D eigenvalue weighted by molar-refractivity contribution is 0.325. The highest BCUT2D eigenvalue weighted by Crippen LogP contribution is 1.93. The van der Waals surface area contributed by atoms with Crippen LogP contribution in [0.4, 0.5) is 0 Å². The molecule has 0 aromatic heterocycles. The van der Waals surface area contributed by atoms with Gasteiger partial charge in [-0.05, 0) is 45.9 Å². The maximum atomic E-state index is 3.43. The van der Waals surface area contributed by atoms with Crippen LogP contribution in [0.15, 0.2) is 0 Å². The lowest BCUT2D eigenvalue weighted by Gasteiger charge is -2.15. The topological polar surface area (TPSA) is 15.3 Å². The van der Waals surface area contributed by atoms with Gasteiger partial charge in [0.2, 0.25) is 0 Å². The van der Waals surface area contributed by atoms with E-state index >= 15 is 0 Å². The van der Waals surface area contributed by atoms with Crippen molar-refractivity contribution in [2.75, 3.05) is 26.7 Å². The maximum absolute atomic E-state index is 3.43. The maximum Gasteiger partial charge on any atom is 0.00103 e. The summed E-state index contributed by atoms with van der Waals surface area (Å²) in [5.41, 5.74) is 0. The van der Waals surface area contributed by atoms with Crippen LogP contribution < -0.4 is 5.32 Å². The lowest BCUT2D eigenvalue weighted by atomic mass is 10.2. The number of unbranched alkanes of at least 4 members (excludes halogenated alkanes) is 1. The minimum absolute atomic E-state index is 0.633. The first-order valence-corrected chi connectivity index (χ1v) is 5.58. The molecule has 2 nitrogen and oxygen atoms in total. The van der Waals surface area contributed by atoms with E-state index in [4.69, 9.17) is 0 Å². The second-order valence-corrected chi connectivity index (χ2v) is 4.12. The summed E-state index contributed by atoms with van der Waals surface area (Å²) in [4.78, 5) is 2.41. The van der Waals surface area contributed by atoms with Gasteiger partial charge in [0.25, 0.3) is 0 Å². The fraction of sp³-hybridized carbons (Fsp3) is 1.00. The summed E-state index contributed by atoms with van der Waals surface area (Å²) in [7, 11) is 2.21. The van der Waals surface area contributed by atoms with Gasteiger partial charge in [0, 0.05) is 6.04 Å². The highest BCUT2D eigenvalue weighted by atomic mass is 15.1. The van der Waals surface area contributed by atoms with Crippen LogP contribution >= 0.6 is 0 Å². The molecule has 1 N–H and O–H groups in total. The molecular formula is C11H26N2. The molecule has 0 aliphatic rings. The molecule has 0 aromatic carbocycles. The van der Waals surface area contributed by atoms with E-state index in [0.29, 0.717) is 6.04 Å². The van der Waals surface area contributed by atoms with Gasteiger partial charge >= 0.3 is 0 Å². The Balaban J connectivity index is 3.06. The molecule has 0 aliphatic heterocycles. The Kier molecular flexibility index (Phi) is 8.46. The Labute approximate surface area is 83.7 Å². The van der Waals surface area contributed by atoms with Crippen LogP contribution in [-0.4, -0.2) is 37.6 Å². The molecule has 0 heterocycles. The molecule has 0 rings (SSSR count). The predicted molar refractivity (Wildman–Crippen MR) is 60.2 cm³/mol. The lowest BCUT2D eigenvalue weighted by Crippen LogP contribution is -2.25. The molecular weight excluding hydrogens is 160 g/mol. The van der Waals surface area contributed by atoms with Crippen LogP contribution in [-0.2, 0) is 0 Å². The van der Waals surface area contributed by atoms with Gasteiger partial charge in [0.1, 0.15) is 0 Å². The van der Waals surface area contributed by atoms with Crippen molar-refractivity contribution in [2.24, 2.45) is 0 Å². The first-order chi connectivity index (χ1) is 6.16. The van der Waals surface area contributed by atoms with Crippen LogP contribution in [0.25, 0.3) is 0 Å². The molecule has 80 valence electrons. The molecule has 0 bridgehead atoms. The van der Waals surface area contributed by atoms with Gasteiger partial charge in [0.15, 0.2) is 0 Å². The van der Waals surface area contributed by atoms with E-state index in [1.807, 2.05) is 0 Å². The van der Waals surface area contributed by atoms with Gasteiger partial charge in [-0.1, -0.05) is 20.8 Å². The van der Waals surface area contributed by atoms with Crippen LogP contribution in [0.2, 0.25) is 0 Å². The van der Waals surface area contributed by atoms with Crippen molar-refractivity contribution in [3.63, 3.8) is 0 Å². The molecule has 0 aromatic rings. The second-order valence-electron chi connectivity index (χ2n) is 4.12. The quantitative estimate of drug-likeness (QED) is 0.584. The van der Waals surface area contributed by atoms with E-state index in [0.717, 1.165) is 6.54 Å². The van der Waals surface area contributed by atoms with Crippen LogP contribution in [0.1, 0.15) is 40.0 Å². The molecule has 13 heavy (non-hydrogen) atoms. The molecule has 0 fully saturated rings. The fourth-order valence-corrected chi connectivity index (χ4v) is 1.39. The molecule has 0 spiro atoms. The van der Waals surface area contributed by atoms with Gasteiger partial charge in [-0.2, -0.15) is 0 Å². The van der Waals surface area contributed by atoms with E-state index in [-0.39, 0.29) is 0 Å². The van der Waals surface area contributed by atoms with Gasteiger partial charge in [-0.3, -0.25) is 0 Å². The Bertz CT molecular complexity index is 102. The zero-order valence-corrected chi connectivity index (χ0v) is 9.77. The number of hydrogen-bond acceptors (Lipinski definition) is 2. The molecule has 0 amide bonds. The Morgan fingerprint density at radius 3 is 2.38 bits per heavy atom. The van der Waals surface area contributed by atoms with Crippen molar-refractivity contribution < 1.29 is 0 Å². The third-order valence-corrected chi connectivity index (χ3v) is 2.12. The number of nitrogens with zero attached hydrogens (tertiary/aromatic N) is 1. The molecule has 0 saturated heterocycles. The Morgan fingerprint density at radius 1 is 1.15 bits per heavy atom. The summed E-state index contributed by atoms with van der Waals surface area (Å²) in [5, 5.41) is 3.43. The highest BCUT2D eigenvalue weighted by molar-refractivity contribution is 4.55. The monoisotopic (exact) mass is 186 g/mol. The summed E-state index contributed by atoms with van der Waals surface area (Å²) >= 11 is 0. The third kappa shape index (κ3) is 9.84. The first-order valence-electron chi connectivity index (χ1n) is 5.58. The van der Waals surface area contributed by atoms with E-state index < -0.39 is 0 Å². The number of rotatable bonds is 8. The van der Waals surface area contributed by atoms with Crippen molar-refractivity contribution in [3.05, 3.63) is 0 Å². The van der Waals surface area contributed by atoms with Crippen molar-refractivity contribution in [2.45, 2.75) is 46.1 Å². The summed E-state index contributed by atoms with van der Waals surface area (Å²) in [5.74, 6) is 0. The van der Waals surface area contributed by atoms with E-state index in [9.17, 15) is 0 Å².